The number of likely N-dealkylation sites (N-methyl/N-ethyl adjacent to an activating group) is 1. The summed E-state index contributed by atoms with van der Waals surface area (Å²) in [6.07, 6.45) is 1.84. The van der Waals surface area contributed by atoms with Gasteiger partial charge in [0, 0.05) is 12.0 Å². The molecule has 1 aliphatic rings. The van der Waals surface area contributed by atoms with Crippen LogP contribution in [0.25, 0.3) is 11.1 Å². The topological polar surface area (TPSA) is 41.6 Å². The van der Waals surface area contributed by atoms with Crippen LogP contribution in [0.15, 0.2) is 42.5 Å². The minimum absolute atomic E-state index is 0.00562. The summed E-state index contributed by atoms with van der Waals surface area (Å²) >= 11 is 0. The molecule has 0 fully saturated rings. The van der Waals surface area contributed by atoms with Gasteiger partial charge in [-0.1, -0.05) is 37.3 Å². The molecule has 4 nitrogen and oxygen atoms in total. The first-order valence-electron chi connectivity index (χ1n) is 8.87. The summed E-state index contributed by atoms with van der Waals surface area (Å²) in [5.41, 5.74) is 4.73. The number of nitrogens with zero attached hydrogens (tertiary/aromatic N) is 1. The number of nitrogens with one attached hydrogen (secondary N) is 1. The fraction of sp³-hybridized carbons (Fsp3) is 0.381. The summed E-state index contributed by atoms with van der Waals surface area (Å²) in [4.78, 5) is 14.0. The molecule has 0 bridgehead atoms. The summed E-state index contributed by atoms with van der Waals surface area (Å²) in [6.45, 7) is 3.18. The standard InChI is InChI=1S/C21H26N2O2/c1-4-15-5-7-16(8-6-15)17-9-10-20-18(13-17)19(11-12-25-20)22-21(24)14-23(2)3/h5-10,13,19H,4,11-12,14H2,1-3H3,(H,22,24). The first-order chi connectivity index (χ1) is 12.1. The number of amides is 1. The van der Waals surface area contributed by atoms with E-state index in [1.807, 2.05) is 25.1 Å². The van der Waals surface area contributed by atoms with E-state index >= 15 is 0 Å². The molecule has 2 aromatic rings. The summed E-state index contributed by atoms with van der Waals surface area (Å²) in [6, 6.07) is 14.9. The van der Waals surface area contributed by atoms with Crippen LogP contribution in [-0.2, 0) is 11.2 Å². The summed E-state index contributed by atoms with van der Waals surface area (Å²) in [5, 5.41) is 3.14. The number of carbonyl (C=O) groups excluding carboxylic acids is 1. The molecule has 1 aliphatic heterocycles. The van der Waals surface area contributed by atoms with Crippen molar-refractivity contribution < 1.29 is 9.53 Å². The summed E-state index contributed by atoms with van der Waals surface area (Å²) < 4.78 is 5.78. The molecule has 0 aromatic heterocycles. The van der Waals surface area contributed by atoms with Gasteiger partial charge in [-0.2, -0.15) is 0 Å². The molecular weight excluding hydrogens is 312 g/mol. The second-order valence-corrected chi connectivity index (χ2v) is 6.80. The highest BCUT2D eigenvalue weighted by Crippen LogP contribution is 2.35. The third-order valence-electron chi connectivity index (χ3n) is 4.54. The number of aryl methyl sites for hydroxylation is 1. The van der Waals surface area contributed by atoms with Crippen LogP contribution in [-0.4, -0.2) is 38.1 Å². The van der Waals surface area contributed by atoms with E-state index in [0.717, 1.165) is 29.7 Å². The zero-order chi connectivity index (χ0) is 17.8. The fourth-order valence-corrected chi connectivity index (χ4v) is 3.18. The lowest BCUT2D eigenvalue weighted by molar-refractivity contribution is -0.122. The van der Waals surface area contributed by atoms with Crippen molar-refractivity contribution in [3.63, 3.8) is 0 Å². The van der Waals surface area contributed by atoms with Crippen molar-refractivity contribution in [3.05, 3.63) is 53.6 Å². The second kappa shape index (κ2) is 7.70. The molecule has 1 atom stereocenters. The van der Waals surface area contributed by atoms with E-state index in [2.05, 4.69) is 48.6 Å². The molecule has 1 heterocycles. The third-order valence-corrected chi connectivity index (χ3v) is 4.54. The fourth-order valence-electron chi connectivity index (χ4n) is 3.18. The van der Waals surface area contributed by atoms with Gasteiger partial charge >= 0.3 is 0 Å². The summed E-state index contributed by atoms with van der Waals surface area (Å²) in [5.74, 6) is 0.913. The minimum atomic E-state index is 0.00562. The molecule has 0 radical (unpaired) electrons. The van der Waals surface area contributed by atoms with E-state index in [1.165, 1.54) is 11.1 Å². The summed E-state index contributed by atoms with van der Waals surface area (Å²) in [7, 11) is 3.80. The molecule has 3 rings (SSSR count). The van der Waals surface area contributed by atoms with Crippen molar-refractivity contribution in [3.8, 4) is 16.9 Å². The van der Waals surface area contributed by atoms with Gasteiger partial charge < -0.3 is 15.0 Å². The van der Waals surface area contributed by atoms with Crippen LogP contribution in [0.1, 0.15) is 30.5 Å². The highest BCUT2D eigenvalue weighted by atomic mass is 16.5. The van der Waals surface area contributed by atoms with Crippen LogP contribution in [0.2, 0.25) is 0 Å². The lowest BCUT2D eigenvalue weighted by atomic mass is 9.95. The van der Waals surface area contributed by atoms with Crippen molar-refractivity contribution in [1.82, 2.24) is 10.2 Å². The molecule has 1 N–H and O–H groups in total. The van der Waals surface area contributed by atoms with Crippen LogP contribution >= 0.6 is 0 Å². The Labute approximate surface area is 149 Å². The number of hydrogen-bond donors (Lipinski definition) is 1. The maximum Gasteiger partial charge on any atom is 0.234 e. The Balaban J connectivity index is 1.85. The molecule has 0 aliphatic carbocycles. The molecule has 2 aromatic carbocycles. The average molecular weight is 338 g/mol. The van der Waals surface area contributed by atoms with E-state index in [9.17, 15) is 4.79 Å². The van der Waals surface area contributed by atoms with Crippen LogP contribution < -0.4 is 10.1 Å². The van der Waals surface area contributed by atoms with Gasteiger partial charge in [0.05, 0.1) is 19.2 Å². The molecular formula is C21H26N2O2. The minimum Gasteiger partial charge on any atom is -0.493 e. The van der Waals surface area contributed by atoms with Gasteiger partial charge in [0.15, 0.2) is 0 Å². The van der Waals surface area contributed by atoms with Gasteiger partial charge in [0.25, 0.3) is 0 Å². The number of ether oxygens (including phenoxy) is 1. The maximum atomic E-state index is 12.2. The molecule has 1 unspecified atom stereocenters. The number of hydrogen-bond acceptors (Lipinski definition) is 3. The number of benzene rings is 2. The average Bonchev–Trinajstić information content (AvgIpc) is 2.61. The Morgan fingerprint density at radius 1 is 1.16 bits per heavy atom. The van der Waals surface area contributed by atoms with Crippen molar-refractivity contribution in [2.24, 2.45) is 0 Å². The highest BCUT2D eigenvalue weighted by molar-refractivity contribution is 5.79. The number of carbonyl (C=O) groups is 1. The SMILES string of the molecule is CCc1ccc(-c2ccc3c(c2)C(NC(=O)CN(C)C)CCO3)cc1. The molecule has 1 amide bonds. The zero-order valence-corrected chi connectivity index (χ0v) is 15.2. The first-order valence-corrected chi connectivity index (χ1v) is 8.87. The first kappa shape index (κ1) is 17.5. The Hall–Kier alpha value is -2.33. The number of rotatable bonds is 5. The molecule has 0 spiro atoms. The second-order valence-electron chi connectivity index (χ2n) is 6.80. The van der Waals surface area contributed by atoms with E-state index < -0.39 is 0 Å². The molecule has 4 heteroatoms. The van der Waals surface area contributed by atoms with Crippen LogP contribution in [0.4, 0.5) is 0 Å². The van der Waals surface area contributed by atoms with Crippen molar-refractivity contribution in [1.29, 1.82) is 0 Å². The maximum absolute atomic E-state index is 12.2. The quantitative estimate of drug-likeness (QED) is 0.908. The lowest BCUT2D eigenvalue weighted by Gasteiger charge is -2.28. The van der Waals surface area contributed by atoms with Crippen LogP contribution in [0.3, 0.4) is 0 Å². The van der Waals surface area contributed by atoms with Gasteiger partial charge in [-0.3, -0.25) is 4.79 Å². The Kier molecular flexibility index (Phi) is 5.39. The van der Waals surface area contributed by atoms with Gasteiger partial charge in [0.1, 0.15) is 5.75 Å². The Bertz CT molecular complexity index is 738. The van der Waals surface area contributed by atoms with E-state index in [-0.39, 0.29) is 11.9 Å². The van der Waals surface area contributed by atoms with Gasteiger partial charge in [-0.15, -0.1) is 0 Å². The monoisotopic (exact) mass is 338 g/mol. The van der Waals surface area contributed by atoms with Crippen molar-refractivity contribution >= 4 is 5.91 Å². The zero-order valence-electron chi connectivity index (χ0n) is 15.2. The van der Waals surface area contributed by atoms with Crippen LogP contribution in [0, 0.1) is 0 Å². The van der Waals surface area contributed by atoms with Gasteiger partial charge in [0.2, 0.25) is 5.91 Å². The Morgan fingerprint density at radius 2 is 1.88 bits per heavy atom. The third kappa shape index (κ3) is 4.20. The highest BCUT2D eigenvalue weighted by Gasteiger charge is 2.23. The van der Waals surface area contributed by atoms with Gasteiger partial charge in [-0.05, 0) is 49.3 Å². The largest absolute Gasteiger partial charge is 0.493 e. The van der Waals surface area contributed by atoms with E-state index in [1.54, 1.807) is 0 Å². The molecule has 0 saturated carbocycles. The lowest BCUT2D eigenvalue weighted by Crippen LogP contribution is -2.37. The predicted octanol–water partition coefficient (Wildman–Crippen LogP) is 3.42. The molecule has 0 saturated heterocycles. The van der Waals surface area contributed by atoms with Crippen molar-refractivity contribution in [2.45, 2.75) is 25.8 Å². The van der Waals surface area contributed by atoms with Gasteiger partial charge in [-0.25, -0.2) is 0 Å². The predicted molar refractivity (Wildman–Crippen MR) is 101 cm³/mol. The van der Waals surface area contributed by atoms with Crippen molar-refractivity contribution in [2.75, 3.05) is 27.2 Å². The Morgan fingerprint density at radius 3 is 2.56 bits per heavy atom. The van der Waals surface area contributed by atoms with E-state index in [0.29, 0.717) is 13.2 Å². The molecule has 25 heavy (non-hydrogen) atoms. The normalized spacial score (nSPS) is 16.2. The number of fused-ring (bicyclic) bond motifs is 1. The molecule has 132 valence electrons. The van der Waals surface area contributed by atoms with E-state index in [4.69, 9.17) is 4.74 Å². The van der Waals surface area contributed by atoms with Crippen LogP contribution in [0.5, 0.6) is 5.75 Å². The smallest absolute Gasteiger partial charge is 0.234 e.